The van der Waals surface area contributed by atoms with Gasteiger partial charge in [-0.05, 0) is 49.8 Å². The van der Waals surface area contributed by atoms with Gasteiger partial charge < -0.3 is 9.05 Å². The van der Waals surface area contributed by atoms with Crippen LogP contribution in [0.3, 0.4) is 0 Å². The van der Waals surface area contributed by atoms with Crippen molar-refractivity contribution in [2.24, 2.45) is 0 Å². The molecule has 0 aliphatic heterocycles. The van der Waals surface area contributed by atoms with Crippen LogP contribution in [0.2, 0.25) is 0 Å². The first-order valence-corrected chi connectivity index (χ1v) is 13.2. The summed E-state index contributed by atoms with van der Waals surface area (Å²) in [5, 5.41) is 1.16. The zero-order valence-corrected chi connectivity index (χ0v) is 19.0. The maximum absolute atomic E-state index is 14.5. The van der Waals surface area contributed by atoms with Crippen LogP contribution in [-0.2, 0) is 18.2 Å². The zero-order chi connectivity index (χ0) is 21.5. The Morgan fingerprint density at radius 3 is 1.40 bits per heavy atom. The fraction of sp³-hybridized carbons (Fsp3) is 0.167. The average molecular weight is 440 g/mol. The molecule has 156 valence electrons. The summed E-state index contributed by atoms with van der Waals surface area (Å²) in [4.78, 5) is 0. The smallest absolute Gasteiger partial charge is 0.267 e. The number of rotatable bonds is 9. The number of hydrogen-bond donors (Lipinski definition) is 0. The summed E-state index contributed by atoms with van der Waals surface area (Å²) in [5.41, 5.74) is 0.777. The van der Waals surface area contributed by atoms with Gasteiger partial charge in [0, 0.05) is 10.6 Å². The van der Waals surface area contributed by atoms with Gasteiger partial charge in [0.15, 0.2) is 0 Å². The standard InChI is InChI=1S/C24H26O4P2/c1-3-27-29(25,22-16-10-6-11-17-22)24(20-21-14-8-5-9-15-21)30(26,28-4-2)23-18-12-7-13-19-23/h5-20H,3-4H2,1-2H3. The lowest BCUT2D eigenvalue weighted by atomic mass is 10.2. The molecule has 0 aliphatic rings. The fourth-order valence-corrected chi connectivity index (χ4v) is 9.21. The summed E-state index contributed by atoms with van der Waals surface area (Å²) in [6, 6.07) is 27.3. The van der Waals surface area contributed by atoms with Crippen molar-refractivity contribution in [3.63, 3.8) is 0 Å². The van der Waals surface area contributed by atoms with Gasteiger partial charge in [-0.3, -0.25) is 9.13 Å². The summed E-state index contributed by atoms with van der Waals surface area (Å²) in [6.07, 6.45) is 1.70. The minimum Gasteiger partial charge on any atom is -0.322 e. The van der Waals surface area contributed by atoms with Gasteiger partial charge in [0.1, 0.15) is 5.06 Å². The van der Waals surface area contributed by atoms with E-state index >= 15 is 0 Å². The molecule has 0 saturated heterocycles. The molecule has 0 saturated carbocycles. The Balaban J connectivity index is 2.34. The maximum atomic E-state index is 14.5. The van der Waals surface area contributed by atoms with Crippen LogP contribution in [0.15, 0.2) is 96.1 Å². The van der Waals surface area contributed by atoms with E-state index < -0.39 is 14.7 Å². The lowest BCUT2D eigenvalue weighted by Crippen LogP contribution is -2.15. The molecule has 30 heavy (non-hydrogen) atoms. The third-order valence-corrected chi connectivity index (χ3v) is 10.8. The molecule has 4 nitrogen and oxygen atoms in total. The van der Waals surface area contributed by atoms with Crippen LogP contribution < -0.4 is 10.6 Å². The molecule has 2 unspecified atom stereocenters. The van der Waals surface area contributed by atoms with Crippen molar-refractivity contribution in [2.45, 2.75) is 13.8 Å². The van der Waals surface area contributed by atoms with Crippen molar-refractivity contribution in [2.75, 3.05) is 13.2 Å². The Hall–Kier alpha value is -2.22. The molecule has 3 rings (SSSR count). The molecule has 0 amide bonds. The van der Waals surface area contributed by atoms with E-state index in [-0.39, 0.29) is 18.3 Å². The van der Waals surface area contributed by atoms with E-state index in [0.29, 0.717) is 10.6 Å². The summed E-state index contributed by atoms with van der Waals surface area (Å²) < 4.78 is 40.7. The highest BCUT2D eigenvalue weighted by Crippen LogP contribution is 2.72. The molecule has 6 heteroatoms. The van der Waals surface area contributed by atoms with Crippen molar-refractivity contribution in [3.05, 3.63) is 102 Å². The van der Waals surface area contributed by atoms with Crippen molar-refractivity contribution in [1.29, 1.82) is 0 Å². The Kier molecular flexibility index (Phi) is 7.64. The SMILES string of the molecule is CCOP(=O)(C(=Cc1ccccc1)P(=O)(OCC)c1ccccc1)c1ccccc1. The minimum atomic E-state index is -3.69. The van der Waals surface area contributed by atoms with Crippen molar-refractivity contribution in [3.8, 4) is 0 Å². The van der Waals surface area contributed by atoms with E-state index in [4.69, 9.17) is 9.05 Å². The quantitative estimate of drug-likeness (QED) is 0.368. The minimum absolute atomic E-state index is 0.183. The fourth-order valence-electron chi connectivity index (χ4n) is 3.20. The monoisotopic (exact) mass is 440 g/mol. The Labute approximate surface area is 178 Å². The van der Waals surface area contributed by atoms with Gasteiger partial charge in [0.05, 0.1) is 13.2 Å². The molecule has 0 spiro atoms. The van der Waals surface area contributed by atoms with Crippen molar-refractivity contribution >= 4 is 31.4 Å². The molecule has 0 bridgehead atoms. The van der Waals surface area contributed by atoms with Crippen LogP contribution in [-0.4, -0.2) is 13.2 Å². The van der Waals surface area contributed by atoms with Crippen LogP contribution in [0.4, 0.5) is 0 Å². The second-order valence-corrected chi connectivity index (χ2v) is 11.6. The third-order valence-electron chi connectivity index (χ3n) is 4.51. The Bertz CT molecular complexity index is 999. The summed E-state index contributed by atoms with van der Waals surface area (Å²) in [6.45, 7) is 3.98. The van der Waals surface area contributed by atoms with Crippen LogP contribution in [0, 0.1) is 0 Å². The highest BCUT2D eigenvalue weighted by Gasteiger charge is 2.44. The van der Waals surface area contributed by atoms with Gasteiger partial charge in [-0.15, -0.1) is 0 Å². The summed E-state index contributed by atoms with van der Waals surface area (Å²) in [7, 11) is -7.38. The van der Waals surface area contributed by atoms with E-state index in [0.717, 1.165) is 5.56 Å². The van der Waals surface area contributed by atoms with Crippen molar-refractivity contribution < 1.29 is 18.2 Å². The van der Waals surface area contributed by atoms with E-state index in [1.54, 1.807) is 68.5 Å². The second-order valence-electron chi connectivity index (χ2n) is 6.52. The lowest BCUT2D eigenvalue weighted by Gasteiger charge is -2.28. The topological polar surface area (TPSA) is 52.6 Å². The molecule has 0 aromatic heterocycles. The molecule has 2 atom stereocenters. The van der Waals surface area contributed by atoms with E-state index in [9.17, 15) is 9.13 Å². The van der Waals surface area contributed by atoms with Crippen LogP contribution in [0.5, 0.6) is 0 Å². The first-order chi connectivity index (χ1) is 14.5. The van der Waals surface area contributed by atoms with Crippen LogP contribution >= 0.6 is 14.7 Å². The molecule has 3 aromatic rings. The zero-order valence-electron chi connectivity index (χ0n) is 17.2. The molecule has 3 aromatic carbocycles. The Morgan fingerprint density at radius 1 is 0.667 bits per heavy atom. The van der Waals surface area contributed by atoms with E-state index in [2.05, 4.69) is 0 Å². The molecule has 0 N–H and O–H groups in total. The number of hydrogen-bond acceptors (Lipinski definition) is 4. The first-order valence-electron chi connectivity index (χ1n) is 9.93. The predicted octanol–water partition coefficient (Wildman–Crippen LogP) is 6.27. The van der Waals surface area contributed by atoms with E-state index in [1.165, 1.54) is 0 Å². The molecular weight excluding hydrogens is 414 g/mol. The molecule has 0 radical (unpaired) electrons. The third kappa shape index (κ3) is 4.74. The summed E-state index contributed by atoms with van der Waals surface area (Å²) >= 11 is 0. The Morgan fingerprint density at radius 2 is 1.03 bits per heavy atom. The van der Waals surface area contributed by atoms with Gasteiger partial charge in [-0.2, -0.15) is 0 Å². The maximum Gasteiger partial charge on any atom is 0.267 e. The molecule has 0 heterocycles. The van der Waals surface area contributed by atoms with Gasteiger partial charge >= 0.3 is 0 Å². The summed E-state index contributed by atoms with van der Waals surface area (Å²) in [5.74, 6) is 0. The van der Waals surface area contributed by atoms with Crippen LogP contribution in [0.1, 0.15) is 19.4 Å². The van der Waals surface area contributed by atoms with Crippen molar-refractivity contribution in [1.82, 2.24) is 0 Å². The average Bonchev–Trinajstić information content (AvgIpc) is 2.79. The highest BCUT2D eigenvalue weighted by molar-refractivity contribution is 7.90. The molecule has 0 fully saturated rings. The van der Waals surface area contributed by atoms with Gasteiger partial charge in [-0.25, -0.2) is 0 Å². The number of benzene rings is 3. The first kappa shape index (κ1) is 22.5. The second kappa shape index (κ2) is 10.2. The van der Waals surface area contributed by atoms with Gasteiger partial charge in [0.25, 0.3) is 14.7 Å². The molecule has 0 aliphatic carbocycles. The largest absolute Gasteiger partial charge is 0.322 e. The predicted molar refractivity (Wildman–Crippen MR) is 125 cm³/mol. The lowest BCUT2D eigenvalue weighted by molar-refractivity contribution is 0.337. The van der Waals surface area contributed by atoms with Gasteiger partial charge in [-0.1, -0.05) is 66.7 Å². The highest BCUT2D eigenvalue weighted by atomic mass is 31.2. The van der Waals surface area contributed by atoms with E-state index in [1.807, 2.05) is 42.5 Å². The molecular formula is C24H26O4P2. The van der Waals surface area contributed by atoms with Gasteiger partial charge in [0.2, 0.25) is 0 Å². The normalized spacial score (nSPS) is 15.0. The van der Waals surface area contributed by atoms with Crippen LogP contribution in [0.25, 0.3) is 6.08 Å².